The van der Waals surface area contributed by atoms with Crippen LogP contribution in [-0.2, 0) is 9.53 Å². The van der Waals surface area contributed by atoms with Crippen LogP contribution < -0.4 is 5.73 Å². The van der Waals surface area contributed by atoms with Crippen molar-refractivity contribution < 1.29 is 9.53 Å². The second kappa shape index (κ2) is 7.10. The zero-order valence-corrected chi connectivity index (χ0v) is 13.9. The topological polar surface area (TPSA) is 55.6 Å². The highest BCUT2D eigenvalue weighted by Crippen LogP contribution is 2.48. The van der Waals surface area contributed by atoms with Gasteiger partial charge in [-0.2, -0.15) is 0 Å². The van der Waals surface area contributed by atoms with Crippen molar-refractivity contribution in [2.75, 3.05) is 26.7 Å². The molecule has 0 aromatic heterocycles. The smallest absolute Gasteiger partial charge is 0.325 e. The van der Waals surface area contributed by atoms with Crippen LogP contribution in [0.3, 0.4) is 0 Å². The Morgan fingerprint density at radius 1 is 1.38 bits per heavy atom. The summed E-state index contributed by atoms with van der Waals surface area (Å²) in [4.78, 5) is 14.2. The quantitative estimate of drug-likeness (QED) is 0.699. The molecule has 4 atom stereocenters. The summed E-state index contributed by atoms with van der Waals surface area (Å²) in [7, 11) is 2.20. The van der Waals surface area contributed by atoms with Crippen molar-refractivity contribution >= 4 is 5.97 Å². The Morgan fingerprint density at radius 2 is 2.14 bits per heavy atom. The average Bonchev–Trinajstić information content (AvgIpc) is 3.01. The van der Waals surface area contributed by atoms with Crippen molar-refractivity contribution in [1.82, 2.24) is 4.90 Å². The Bertz CT molecular complexity index is 357. The van der Waals surface area contributed by atoms with E-state index in [1.165, 1.54) is 32.2 Å². The monoisotopic (exact) mass is 296 g/mol. The number of fused-ring (bicyclic) bond motifs is 2. The summed E-state index contributed by atoms with van der Waals surface area (Å²) in [5.74, 6) is 2.63. The minimum Gasteiger partial charge on any atom is -0.465 e. The number of esters is 1. The molecular formula is C17H32N2O2. The van der Waals surface area contributed by atoms with Crippen LogP contribution in [0.25, 0.3) is 0 Å². The van der Waals surface area contributed by atoms with Crippen molar-refractivity contribution in [2.24, 2.45) is 23.5 Å². The molecule has 0 radical (unpaired) electrons. The minimum absolute atomic E-state index is 0.277. The fraction of sp³-hybridized carbons (Fsp3) is 0.941. The number of hydrogen-bond donors (Lipinski definition) is 1. The highest BCUT2D eigenvalue weighted by molar-refractivity contribution is 5.79. The van der Waals surface area contributed by atoms with Crippen molar-refractivity contribution in [1.29, 1.82) is 0 Å². The van der Waals surface area contributed by atoms with Gasteiger partial charge in [0.05, 0.1) is 6.61 Å². The van der Waals surface area contributed by atoms with Crippen LogP contribution in [0.4, 0.5) is 0 Å². The molecular weight excluding hydrogens is 264 g/mol. The van der Waals surface area contributed by atoms with E-state index in [0.29, 0.717) is 13.0 Å². The van der Waals surface area contributed by atoms with Crippen LogP contribution in [0.5, 0.6) is 0 Å². The molecule has 2 rings (SSSR count). The fourth-order valence-electron chi connectivity index (χ4n) is 4.21. The molecule has 2 bridgehead atoms. The van der Waals surface area contributed by atoms with Gasteiger partial charge in [-0.1, -0.05) is 6.42 Å². The third-order valence-corrected chi connectivity index (χ3v) is 5.41. The zero-order valence-electron chi connectivity index (χ0n) is 13.9. The SMILES string of the molecule is CCOC(=O)C(C)(N)CCCN(C)CC1CC2CCC1C2. The second-order valence-electron chi connectivity index (χ2n) is 7.44. The molecule has 0 amide bonds. The molecule has 4 unspecified atom stereocenters. The zero-order chi connectivity index (χ0) is 15.5. The van der Waals surface area contributed by atoms with Crippen molar-refractivity contribution in [2.45, 2.75) is 57.9 Å². The number of nitrogens with two attached hydrogens (primary N) is 1. The van der Waals surface area contributed by atoms with Crippen LogP contribution in [0.15, 0.2) is 0 Å². The molecule has 0 saturated heterocycles. The number of carbonyl (C=O) groups is 1. The first-order valence-corrected chi connectivity index (χ1v) is 8.57. The number of carbonyl (C=O) groups excluding carboxylic acids is 1. The van der Waals surface area contributed by atoms with Crippen LogP contribution in [-0.4, -0.2) is 43.2 Å². The highest BCUT2D eigenvalue weighted by Gasteiger charge is 2.39. The van der Waals surface area contributed by atoms with Gasteiger partial charge in [0.15, 0.2) is 0 Å². The Labute approximate surface area is 129 Å². The van der Waals surface area contributed by atoms with Gasteiger partial charge in [0.25, 0.3) is 0 Å². The van der Waals surface area contributed by atoms with Gasteiger partial charge in [0.2, 0.25) is 0 Å². The number of nitrogens with zero attached hydrogens (tertiary/aromatic N) is 1. The summed E-state index contributed by atoms with van der Waals surface area (Å²) >= 11 is 0. The molecule has 21 heavy (non-hydrogen) atoms. The van der Waals surface area contributed by atoms with E-state index in [1.807, 2.05) is 6.92 Å². The van der Waals surface area contributed by atoms with Crippen LogP contribution in [0.2, 0.25) is 0 Å². The van der Waals surface area contributed by atoms with Gasteiger partial charge in [-0.15, -0.1) is 0 Å². The van der Waals surface area contributed by atoms with Gasteiger partial charge < -0.3 is 15.4 Å². The van der Waals surface area contributed by atoms with E-state index in [-0.39, 0.29) is 5.97 Å². The Morgan fingerprint density at radius 3 is 2.71 bits per heavy atom. The molecule has 4 nitrogen and oxygen atoms in total. The molecule has 0 spiro atoms. The van der Waals surface area contributed by atoms with Crippen molar-refractivity contribution in [3.05, 3.63) is 0 Å². The first-order valence-electron chi connectivity index (χ1n) is 8.57. The van der Waals surface area contributed by atoms with Gasteiger partial charge >= 0.3 is 5.97 Å². The summed E-state index contributed by atoms with van der Waals surface area (Å²) in [5.41, 5.74) is 5.21. The van der Waals surface area contributed by atoms with E-state index >= 15 is 0 Å². The molecule has 0 aromatic rings. The lowest BCUT2D eigenvalue weighted by molar-refractivity contribution is -0.149. The van der Waals surface area contributed by atoms with Crippen molar-refractivity contribution in [3.8, 4) is 0 Å². The standard InChI is InChI=1S/C17H32N2O2/c1-4-21-16(20)17(2,18)8-5-9-19(3)12-15-11-13-6-7-14(15)10-13/h13-15H,4-12,18H2,1-3H3. The van der Waals surface area contributed by atoms with E-state index in [1.54, 1.807) is 6.92 Å². The predicted octanol–water partition coefficient (Wildman–Crippen LogP) is 2.42. The van der Waals surface area contributed by atoms with Gasteiger partial charge in [-0.3, -0.25) is 4.79 Å². The average molecular weight is 296 g/mol. The third-order valence-electron chi connectivity index (χ3n) is 5.41. The summed E-state index contributed by atoms with van der Waals surface area (Å²) < 4.78 is 5.03. The molecule has 4 heteroatoms. The minimum atomic E-state index is -0.844. The molecule has 2 aliphatic rings. The molecule has 0 heterocycles. The number of rotatable bonds is 8. The van der Waals surface area contributed by atoms with E-state index in [0.717, 1.165) is 30.7 Å². The Balaban J connectivity index is 1.65. The van der Waals surface area contributed by atoms with Gasteiger partial charge in [-0.05, 0) is 77.3 Å². The summed E-state index contributed by atoms with van der Waals surface area (Å²) in [6.45, 7) is 6.22. The molecule has 2 aliphatic carbocycles. The van der Waals surface area contributed by atoms with Crippen LogP contribution in [0.1, 0.15) is 52.4 Å². The normalized spacial score (nSPS) is 30.6. The Kier molecular flexibility index (Phi) is 5.67. The first-order chi connectivity index (χ1) is 9.92. The molecule has 2 saturated carbocycles. The highest BCUT2D eigenvalue weighted by atomic mass is 16.5. The van der Waals surface area contributed by atoms with Gasteiger partial charge in [-0.25, -0.2) is 0 Å². The number of hydrogen-bond acceptors (Lipinski definition) is 4. The largest absolute Gasteiger partial charge is 0.465 e. The molecule has 2 fully saturated rings. The predicted molar refractivity (Wildman–Crippen MR) is 84.9 cm³/mol. The Hall–Kier alpha value is -0.610. The molecule has 0 aliphatic heterocycles. The third kappa shape index (κ3) is 4.43. The van der Waals surface area contributed by atoms with Crippen molar-refractivity contribution in [3.63, 3.8) is 0 Å². The van der Waals surface area contributed by atoms with Gasteiger partial charge in [0, 0.05) is 6.54 Å². The first kappa shape index (κ1) is 16.8. The molecule has 2 N–H and O–H groups in total. The summed E-state index contributed by atoms with van der Waals surface area (Å²) in [6.07, 6.45) is 7.47. The van der Waals surface area contributed by atoms with E-state index < -0.39 is 5.54 Å². The van der Waals surface area contributed by atoms with E-state index in [9.17, 15) is 4.79 Å². The van der Waals surface area contributed by atoms with Crippen LogP contribution >= 0.6 is 0 Å². The summed E-state index contributed by atoms with van der Waals surface area (Å²) in [5, 5.41) is 0. The second-order valence-corrected chi connectivity index (χ2v) is 7.44. The lowest BCUT2D eigenvalue weighted by Crippen LogP contribution is -2.46. The maximum atomic E-state index is 11.7. The maximum Gasteiger partial charge on any atom is 0.325 e. The lowest BCUT2D eigenvalue weighted by atomic mass is 9.88. The van der Waals surface area contributed by atoms with E-state index in [4.69, 9.17) is 10.5 Å². The fourth-order valence-corrected chi connectivity index (χ4v) is 4.21. The maximum absolute atomic E-state index is 11.7. The summed E-state index contributed by atoms with van der Waals surface area (Å²) in [6, 6.07) is 0. The van der Waals surface area contributed by atoms with Crippen LogP contribution in [0, 0.1) is 17.8 Å². The number of ether oxygens (including phenoxy) is 1. The lowest BCUT2D eigenvalue weighted by Gasteiger charge is -2.28. The van der Waals surface area contributed by atoms with E-state index in [2.05, 4.69) is 11.9 Å². The molecule has 122 valence electrons. The van der Waals surface area contributed by atoms with Gasteiger partial charge in [0.1, 0.15) is 5.54 Å². The molecule has 0 aromatic carbocycles.